The number of thiophene rings is 1. The van der Waals surface area contributed by atoms with Crippen LogP contribution in [-0.4, -0.2) is 42.0 Å². The standard InChI is InChI=1S/C23H24ClN3OS/c24-20-10-8-19(9-11-20)23(18-5-2-1-3-6-18)26-12-14-27(15-13-26)25-22(28)17-21-7-4-16-29-21/h1-11,16,23H,12-15,17H2,(H,25,28). The summed E-state index contributed by atoms with van der Waals surface area (Å²) in [5.74, 6) is 0.0539. The van der Waals surface area contributed by atoms with Gasteiger partial charge in [-0.15, -0.1) is 11.3 Å². The molecule has 1 unspecified atom stereocenters. The van der Waals surface area contributed by atoms with Gasteiger partial charge >= 0.3 is 0 Å². The fourth-order valence-electron chi connectivity index (χ4n) is 3.77. The van der Waals surface area contributed by atoms with Crippen molar-refractivity contribution in [3.8, 4) is 0 Å². The smallest absolute Gasteiger partial charge is 0.239 e. The number of hydrogen-bond donors (Lipinski definition) is 1. The zero-order valence-electron chi connectivity index (χ0n) is 16.1. The lowest BCUT2D eigenvalue weighted by atomic mass is 9.96. The molecule has 2 aromatic carbocycles. The maximum atomic E-state index is 12.3. The van der Waals surface area contributed by atoms with Crippen LogP contribution in [0.1, 0.15) is 22.0 Å². The predicted molar refractivity (Wildman–Crippen MR) is 119 cm³/mol. The summed E-state index contributed by atoms with van der Waals surface area (Å²) in [5, 5.41) is 4.79. The number of carbonyl (C=O) groups excluding carboxylic acids is 1. The molecule has 6 heteroatoms. The van der Waals surface area contributed by atoms with Crippen LogP contribution in [0.25, 0.3) is 0 Å². The van der Waals surface area contributed by atoms with Gasteiger partial charge in [0.2, 0.25) is 5.91 Å². The molecule has 1 aromatic heterocycles. The predicted octanol–water partition coefficient (Wildman–Crippen LogP) is 4.38. The van der Waals surface area contributed by atoms with Crippen LogP contribution in [0.3, 0.4) is 0 Å². The SMILES string of the molecule is O=C(Cc1cccs1)NN1CCN(C(c2ccccc2)c2ccc(Cl)cc2)CC1. The Hall–Kier alpha value is -2.18. The highest BCUT2D eigenvalue weighted by Gasteiger charge is 2.27. The van der Waals surface area contributed by atoms with E-state index in [0.29, 0.717) is 6.42 Å². The number of nitrogens with one attached hydrogen (secondary N) is 1. The first-order chi connectivity index (χ1) is 14.2. The molecule has 2 heterocycles. The minimum absolute atomic E-state index is 0.0539. The average Bonchev–Trinajstić information content (AvgIpc) is 3.24. The Labute approximate surface area is 180 Å². The zero-order chi connectivity index (χ0) is 20.1. The fourth-order valence-corrected chi connectivity index (χ4v) is 4.60. The summed E-state index contributed by atoms with van der Waals surface area (Å²) in [7, 11) is 0. The highest BCUT2D eigenvalue weighted by molar-refractivity contribution is 7.10. The van der Waals surface area contributed by atoms with Gasteiger partial charge < -0.3 is 0 Å². The molecule has 4 nitrogen and oxygen atoms in total. The Kier molecular flexibility index (Phi) is 6.62. The number of rotatable bonds is 6. The Balaban J connectivity index is 1.41. The van der Waals surface area contributed by atoms with Crippen LogP contribution in [0, 0.1) is 0 Å². The van der Waals surface area contributed by atoms with Crippen molar-refractivity contribution in [3.63, 3.8) is 0 Å². The molecule has 1 N–H and O–H groups in total. The molecule has 4 rings (SSSR count). The lowest BCUT2D eigenvalue weighted by Crippen LogP contribution is -2.54. The first kappa shape index (κ1) is 20.1. The molecule has 1 aliphatic heterocycles. The van der Waals surface area contributed by atoms with Crippen molar-refractivity contribution < 1.29 is 4.79 Å². The van der Waals surface area contributed by atoms with Gasteiger partial charge in [-0.1, -0.05) is 60.1 Å². The summed E-state index contributed by atoms with van der Waals surface area (Å²) in [6.07, 6.45) is 0.440. The maximum Gasteiger partial charge on any atom is 0.239 e. The number of hydrazine groups is 1. The molecule has 3 aromatic rings. The minimum Gasteiger partial charge on any atom is -0.290 e. The first-order valence-electron chi connectivity index (χ1n) is 9.80. The molecule has 0 aliphatic carbocycles. The summed E-state index contributed by atoms with van der Waals surface area (Å²) < 4.78 is 0. The number of benzene rings is 2. The van der Waals surface area contributed by atoms with Gasteiger partial charge in [-0.05, 0) is 34.7 Å². The molecule has 29 heavy (non-hydrogen) atoms. The second-order valence-corrected chi connectivity index (χ2v) is 8.65. The van der Waals surface area contributed by atoms with Gasteiger partial charge in [0.15, 0.2) is 0 Å². The van der Waals surface area contributed by atoms with Gasteiger partial charge in [0.25, 0.3) is 0 Å². The second-order valence-electron chi connectivity index (χ2n) is 7.18. The molecule has 1 atom stereocenters. The monoisotopic (exact) mass is 425 g/mol. The van der Waals surface area contributed by atoms with Crippen LogP contribution < -0.4 is 5.43 Å². The average molecular weight is 426 g/mol. The van der Waals surface area contributed by atoms with Gasteiger partial charge in [-0.2, -0.15) is 0 Å². The number of nitrogens with zero attached hydrogens (tertiary/aromatic N) is 2. The molecule has 0 bridgehead atoms. The third-order valence-electron chi connectivity index (χ3n) is 5.18. The summed E-state index contributed by atoms with van der Waals surface area (Å²) in [5.41, 5.74) is 5.56. The van der Waals surface area contributed by atoms with Gasteiger partial charge in [0, 0.05) is 36.1 Å². The zero-order valence-corrected chi connectivity index (χ0v) is 17.7. The maximum absolute atomic E-state index is 12.3. The van der Waals surface area contributed by atoms with Crippen molar-refractivity contribution in [1.82, 2.24) is 15.3 Å². The van der Waals surface area contributed by atoms with E-state index in [1.54, 1.807) is 11.3 Å². The summed E-state index contributed by atoms with van der Waals surface area (Å²) >= 11 is 7.72. The largest absolute Gasteiger partial charge is 0.290 e. The number of carbonyl (C=O) groups is 1. The van der Waals surface area contributed by atoms with Gasteiger partial charge in [-0.3, -0.25) is 15.1 Å². The van der Waals surface area contributed by atoms with Crippen molar-refractivity contribution in [1.29, 1.82) is 0 Å². The van der Waals surface area contributed by atoms with Crippen LogP contribution in [0.2, 0.25) is 5.02 Å². The van der Waals surface area contributed by atoms with Crippen LogP contribution in [-0.2, 0) is 11.2 Å². The third-order valence-corrected chi connectivity index (χ3v) is 6.31. The number of piperazine rings is 1. The van der Waals surface area contributed by atoms with Crippen molar-refractivity contribution in [2.75, 3.05) is 26.2 Å². The summed E-state index contributed by atoms with van der Waals surface area (Å²) in [6.45, 7) is 3.35. The molecule has 150 valence electrons. The lowest BCUT2D eigenvalue weighted by Gasteiger charge is -2.39. The van der Waals surface area contributed by atoms with E-state index in [2.05, 4.69) is 46.7 Å². The lowest BCUT2D eigenvalue weighted by molar-refractivity contribution is -0.126. The number of amides is 1. The molecule has 1 aliphatic rings. The highest BCUT2D eigenvalue weighted by atomic mass is 35.5. The van der Waals surface area contributed by atoms with E-state index in [1.165, 1.54) is 11.1 Å². The van der Waals surface area contributed by atoms with Crippen molar-refractivity contribution in [3.05, 3.63) is 93.1 Å². The van der Waals surface area contributed by atoms with E-state index in [1.807, 2.05) is 40.7 Å². The Morgan fingerprint density at radius 2 is 1.62 bits per heavy atom. The molecule has 1 saturated heterocycles. The van der Waals surface area contributed by atoms with Crippen LogP contribution in [0.4, 0.5) is 0 Å². The van der Waals surface area contributed by atoms with Crippen molar-refractivity contribution >= 4 is 28.8 Å². The normalized spacial score (nSPS) is 16.4. The van der Waals surface area contributed by atoms with E-state index in [9.17, 15) is 4.79 Å². The van der Waals surface area contributed by atoms with Crippen molar-refractivity contribution in [2.45, 2.75) is 12.5 Å². The van der Waals surface area contributed by atoms with Gasteiger partial charge in [0.05, 0.1) is 12.5 Å². The van der Waals surface area contributed by atoms with E-state index in [-0.39, 0.29) is 11.9 Å². The van der Waals surface area contributed by atoms with E-state index in [0.717, 1.165) is 36.1 Å². The summed E-state index contributed by atoms with van der Waals surface area (Å²) in [4.78, 5) is 15.9. The third kappa shape index (κ3) is 5.25. The quantitative estimate of drug-likeness (QED) is 0.636. The van der Waals surface area contributed by atoms with E-state index >= 15 is 0 Å². The highest BCUT2D eigenvalue weighted by Crippen LogP contribution is 2.30. The molecule has 0 radical (unpaired) electrons. The number of hydrogen-bond acceptors (Lipinski definition) is 4. The van der Waals surface area contributed by atoms with Crippen molar-refractivity contribution in [2.24, 2.45) is 0 Å². The summed E-state index contributed by atoms with van der Waals surface area (Å²) in [6, 6.07) is 22.8. The Morgan fingerprint density at radius 3 is 2.28 bits per heavy atom. The van der Waals surface area contributed by atoms with Gasteiger partial charge in [0.1, 0.15) is 0 Å². The van der Waals surface area contributed by atoms with Crippen LogP contribution in [0.15, 0.2) is 72.1 Å². The molecular formula is C23H24ClN3OS. The van der Waals surface area contributed by atoms with Crippen LogP contribution in [0.5, 0.6) is 0 Å². The van der Waals surface area contributed by atoms with E-state index < -0.39 is 0 Å². The topological polar surface area (TPSA) is 35.6 Å². The first-order valence-corrected chi connectivity index (χ1v) is 11.1. The molecule has 0 spiro atoms. The molecule has 1 amide bonds. The Bertz CT molecular complexity index is 907. The molecule has 1 fully saturated rings. The molecule has 0 saturated carbocycles. The number of halogens is 1. The Morgan fingerprint density at radius 1 is 0.931 bits per heavy atom. The second kappa shape index (κ2) is 9.55. The van der Waals surface area contributed by atoms with E-state index in [4.69, 9.17) is 11.6 Å². The molecular weight excluding hydrogens is 402 g/mol. The fraction of sp³-hybridized carbons (Fsp3) is 0.261. The minimum atomic E-state index is 0.0539. The van der Waals surface area contributed by atoms with Crippen LogP contribution >= 0.6 is 22.9 Å². The van der Waals surface area contributed by atoms with Gasteiger partial charge in [-0.25, -0.2) is 5.01 Å².